The van der Waals surface area contributed by atoms with Crippen LogP contribution >= 0.6 is 12.2 Å². The first kappa shape index (κ1) is 18.1. The molecule has 5 nitrogen and oxygen atoms in total. The van der Waals surface area contributed by atoms with E-state index >= 15 is 0 Å². The third-order valence-corrected chi connectivity index (χ3v) is 4.81. The molecule has 134 valence electrons. The molecule has 2 N–H and O–H groups in total. The molecule has 1 aromatic carbocycles. The molecule has 0 saturated carbocycles. The Labute approximate surface area is 158 Å². The number of nitrogens with zero attached hydrogens (tertiary/aromatic N) is 2. The smallest absolute Gasteiger partial charge is 0.253 e. The van der Waals surface area contributed by atoms with Crippen molar-refractivity contribution in [1.82, 2.24) is 20.2 Å². The van der Waals surface area contributed by atoms with Gasteiger partial charge in [0.15, 0.2) is 5.11 Å². The fourth-order valence-electron chi connectivity index (χ4n) is 2.91. The van der Waals surface area contributed by atoms with Crippen LogP contribution < -0.4 is 10.9 Å². The summed E-state index contributed by atoms with van der Waals surface area (Å²) in [6.45, 7) is 3.13. The summed E-state index contributed by atoms with van der Waals surface area (Å²) in [4.78, 5) is 21.6. The topological polar surface area (TPSA) is 61.0 Å². The normalized spacial score (nSPS) is 10.7. The molecule has 0 saturated heterocycles. The molecular weight excluding hydrogens is 344 g/mol. The van der Waals surface area contributed by atoms with Gasteiger partial charge in [-0.25, -0.2) is 0 Å². The van der Waals surface area contributed by atoms with E-state index in [0.29, 0.717) is 23.8 Å². The van der Waals surface area contributed by atoms with Crippen LogP contribution in [0.4, 0.5) is 0 Å². The lowest BCUT2D eigenvalue weighted by atomic mass is 10.1. The lowest BCUT2D eigenvalue weighted by Crippen LogP contribution is -2.38. The predicted molar refractivity (Wildman–Crippen MR) is 109 cm³/mol. The first-order chi connectivity index (χ1) is 12.6. The number of hydrogen-bond donors (Lipinski definition) is 2. The number of fused-ring (bicyclic) bond motifs is 1. The zero-order valence-electron chi connectivity index (χ0n) is 15.0. The summed E-state index contributed by atoms with van der Waals surface area (Å²) < 4.78 is 0. The fraction of sp³-hybridized carbons (Fsp3) is 0.250. The number of hydrogen-bond acceptors (Lipinski definition) is 3. The van der Waals surface area contributed by atoms with E-state index in [1.54, 1.807) is 13.2 Å². The minimum atomic E-state index is -0.0863. The summed E-state index contributed by atoms with van der Waals surface area (Å²) >= 11 is 5.44. The number of pyridine rings is 2. The van der Waals surface area contributed by atoms with E-state index in [1.165, 1.54) is 5.56 Å². The Hall–Kier alpha value is -2.73. The molecule has 0 atom stereocenters. The van der Waals surface area contributed by atoms with Crippen molar-refractivity contribution in [2.75, 3.05) is 7.05 Å². The first-order valence-electron chi connectivity index (χ1n) is 8.61. The van der Waals surface area contributed by atoms with Crippen molar-refractivity contribution in [3.05, 3.63) is 75.8 Å². The molecule has 0 radical (unpaired) electrons. The maximum Gasteiger partial charge on any atom is 0.253 e. The van der Waals surface area contributed by atoms with Crippen LogP contribution in [0.5, 0.6) is 0 Å². The molecule has 2 heterocycles. The van der Waals surface area contributed by atoms with Gasteiger partial charge in [0.2, 0.25) is 0 Å². The highest BCUT2D eigenvalue weighted by atomic mass is 32.1. The fourth-order valence-corrected chi connectivity index (χ4v) is 3.04. The van der Waals surface area contributed by atoms with Gasteiger partial charge in [-0.3, -0.25) is 9.78 Å². The Morgan fingerprint density at radius 3 is 2.77 bits per heavy atom. The molecule has 3 aromatic rings. The Kier molecular flexibility index (Phi) is 5.63. The number of nitrogens with one attached hydrogen (secondary N) is 2. The molecule has 2 aromatic heterocycles. The predicted octanol–water partition coefficient (Wildman–Crippen LogP) is 2.99. The van der Waals surface area contributed by atoms with Crippen molar-refractivity contribution < 1.29 is 0 Å². The van der Waals surface area contributed by atoms with Crippen molar-refractivity contribution in [1.29, 1.82) is 0 Å². The lowest BCUT2D eigenvalue weighted by Gasteiger charge is -2.24. The number of H-pyrrole nitrogens is 1. The van der Waals surface area contributed by atoms with Gasteiger partial charge < -0.3 is 15.2 Å². The highest BCUT2D eigenvalue weighted by Gasteiger charge is 2.13. The summed E-state index contributed by atoms with van der Waals surface area (Å²) in [6.07, 6.45) is 4.51. The quantitative estimate of drug-likeness (QED) is 0.680. The number of aromatic nitrogens is 2. The van der Waals surface area contributed by atoms with Gasteiger partial charge in [-0.2, -0.15) is 0 Å². The molecule has 0 spiro atoms. The molecule has 26 heavy (non-hydrogen) atoms. The molecule has 0 aliphatic heterocycles. The van der Waals surface area contributed by atoms with Crippen molar-refractivity contribution in [2.24, 2.45) is 0 Å². The molecule has 6 heteroatoms. The van der Waals surface area contributed by atoms with E-state index in [-0.39, 0.29) is 5.56 Å². The summed E-state index contributed by atoms with van der Waals surface area (Å²) in [7, 11) is 1.79. The van der Waals surface area contributed by atoms with E-state index in [1.807, 2.05) is 41.4 Å². The largest absolute Gasteiger partial charge is 0.366 e. The van der Waals surface area contributed by atoms with Crippen LogP contribution in [0.3, 0.4) is 0 Å². The Balaban J connectivity index is 1.93. The number of benzene rings is 1. The second-order valence-corrected chi connectivity index (χ2v) is 6.56. The minimum absolute atomic E-state index is 0.0863. The van der Waals surface area contributed by atoms with Crippen LogP contribution in [0, 0.1) is 0 Å². The van der Waals surface area contributed by atoms with Crippen LogP contribution in [-0.4, -0.2) is 27.0 Å². The molecule has 0 aliphatic carbocycles. The zero-order valence-corrected chi connectivity index (χ0v) is 15.8. The maximum atomic E-state index is 12.5. The minimum Gasteiger partial charge on any atom is -0.366 e. The van der Waals surface area contributed by atoms with Crippen LogP contribution in [0.2, 0.25) is 0 Å². The zero-order chi connectivity index (χ0) is 18.5. The molecule has 0 aliphatic rings. The van der Waals surface area contributed by atoms with Gasteiger partial charge in [0.25, 0.3) is 5.56 Å². The van der Waals surface area contributed by atoms with Crippen molar-refractivity contribution >= 4 is 28.2 Å². The summed E-state index contributed by atoms with van der Waals surface area (Å²) in [5.74, 6) is 0. The van der Waals surface area contributed by atoms with E-state index in [2.05, 4.69) is 28.3 Å². The second kappa shape index (κ2) is 8.10. The lowest BCUT2D eigenvalue weighted by molar-refractivity contribution is 0.400. The van der Waals surface area contributed by atoms with Gasteiger partial charge in [-0.1, -0.05) is 19.1 Å². The van der Waals surface area contributed by atoms with Gasteiger partial charge >= 0.3 is 0 Å². The highest BCUT2D eigenvalue weighted by molar-refractivity contribution is 7.80. The number of rotatable bonds is 5. The van der Waals surface area contributed by atoms with Gasteiger partial charge in [0.05, 0.1) is 6.54 Å². The van der Waals surface area contributed by atoms with E-state index in [9.17, 15) is 4.79 Å². The standard InChI is InChI=1S/C20H22N4OS/c1-3-14-6-7-18-16(9-14)10-17(19(25)23-18)13-24(20(26)21-2)12-15-5-4-8-22-11-15/h4-11H,3,12-13H2,1-2H3,(H,21,26)(H,23,25). The second-order valence-electron chi connectivity index (χ2n) is 6.17. The van der Waals surface area contributed by atoms with E-state index in [4.69, 9.17) is 12.2 Å². The molecular formula is C20H22N4OS. The van der Waals surface area contributed by atoms with Crippen LogP contribution in [0.25, 0.3) is 10.9 Å². The van der Waals surface area contributed by atoms with E-state index in [0.717, 1.165) is 22.9 Å². The Morgan fingerprint density at radius 2 is 2.08 bits per heavy atom. The average Bonchev–Trinajstić information content (AvgIpc) is 2.67. The SMILES string of the molecule is CCc1ccc2[nH]c(=O)c(CN(Cc3cccnc3)C(=S)NC)cc2c1. The van der Waals surface area contributed by atoms with Gasteiger partial charge in [-0.15, -0.1) is 0 Å². The number of thiocarbonyl (C=S) groups is 1. The molecule has 0 unspecified atom stereocenters. The maximum absolute atomic E-state index is 12.5. The summed E-state index contributed by atoms with van der Waals surface area (Å²) in [5.41, 5.74) is 3.74. The monoisotopic (exact) mass is 366 g/mol. The third kappa shape index (κ3) is 4.08. The van der Waals surface area contributed by atoms with Gasteiger partial charge in [-0.05, 0) is 59.4 Å². The summed E-state index contributed by atoms with van der Waals surface area (Å²) in [6, 6.07) is 12.0. The molecule has 3 rings (SSSR count). The van der Waals surface area contributed by atoms with Crippen LogP contribution in [0.15, 0.2) is 53.6 Å². The third-order valence-electron chi connectivity index (χ3n) is 4.35. The Bertz CT molecular complexity index is 968. The number of aromatic amines is 1. The first-order valence-corrected chi connectivity index (χ1v) is 9.02. The van der Waals surface area contributed by atoms with E-state index < -0.39 is 0 Å². The van der Waals surface area contributed by atoms with Gasteiger partial charge in [0, 0.05) is 37.1 Å². The molecule has 0 amide bonds. The van der Waals surface area contributed by atoms with Gasteiger partial charge in [0.1, 0.15) is 0 Å². The van der Waals surface area contributed by atoms with Crippen molar-refractivity contribution in [3.63, 3.8) is 0 Å². The molecule has 0 bridgehead atoms. The number of aryl methyl sites for hydroxylation is 1. The summed E-state index contributed by atoms with van der Waals surface area (Å²) in [5, 5.41) is 4.64. The van der Waals surface area contributed by atoms with Crippen molar-refractivity contribution in [3.8, 4) is 0 Å². The van der Waals surface area contributed by atoms with Crippen LogP contribution in [-0.2, 0) is 19.5 Å². The highest BCUT2D eigenvalue weighted by Crippen LogP contribution is 2.16. The Morgan fingerprint density at radius 1 is 1.23 bits per heavy atom. The van der Waals surface area contributed by atoms with Crippen LogP contribution in [0.1, 0.15) is 23.6 Å². The molecule has 0 fully saturated rings. The average molecular weight is 366 g/mol. The van der Waals surface area contributed by atoms with Crippen molar-refractivity contribution in [2.45, 2.75) is 26.4 Å².